The zero-order valence-electron chi connectivity index (χ0n) is 32.0. The van der Waals surface area contributed by atoms with E-state index in [9.17, 15) is 28.8 Å². The second-order valence-corrected chi connectivity index (χ2v) is 14.1. The van der Waals surface area contributed by atoms with Gasteiger partial charge >= 0.3 is 23.9 Å². The molecule has 0 bridgehead atoms. The number of benzene rings is 4. The maximum Gasteiger partial charge on any atom is 0.387 e. The van der Waals surface area contributed by atoms with E-state index in [4.69, 9.17) is 28.7 Å². The first-order valence-corrected chi connectivity index (χ1v) is 17.5. The van der Waals surface area contributed by atoms with Crippen molar-refractivity contribution in [2.24, 2.45) is 0 Å². The Hall–Kier alpha value is -6.38. The fraction of sp³-hybridized carbons (Fsp3) is 0.286. The van der Waals surface area contributed by atoms with Crippen molar-refractivity contribution in [2.45, 2.75) is 52.7 Å². The fourth-order valence-electron chi connectivity index (χ4n) is 5.05. The second kappa shape index (κ2) is 19.3. The van der Waals surface area contributed by atoms with Crippen molar-refractivity contribution in [2.75, 3.05) is 26.6 Å². The van der Waals surface area contributed by atoms with E-state index >= 15 is 0 Å². The molecule has 0 saturated carbocycles. The molecule has 0 aliphatic rings. The molecule has 0 radical (unpaired) electrons. The van der Waals surface area contributed by atoms with Gasteiger partial charge in [-0.25, -0.2) is 19.4 Å². The molecule has 0 amide bonds. The van der Waals surface area contributed by atoms with Gasteiger partial charge in [0.25, 0.3) is 0 Å². The van der Waals surface area contributed by atoms with Gasteiger partial charge in [0, 0.05) is 11.1 Å². The number of ketones is 2. The third-order valence-electron chi connectivity index (χ3n) is 7.28. The van der Waals surface area contributed by atoms with Crippen LogP contribution in [0, 0.1) is 0 Å². The van der Waals surface area contributed by atoms with Gasteiger partial charge in [0.1, 0.15) is 36.2 Å². The summed E-state index contributed by atoms with van der Waals surface area (Å²) in [5.74, 6) is -4.10. The molecule has 2 N–H and O–H groups in total. The molecule has 294 valence electrons. The molecule has 4 rings (SSSR count). The number of rotatable bonds is 16. The predicted octanol–water partition coefficient (Wildman–Crippen LogP) is 5.61. The molecule has 0 spiro atoms. The maximum absolute atomic E-state index is 13.7. The van der Waals surface area contributed by atoms with Gasteiger partial charge in [-0.15, -0.1) is 0 Å². The highest BCUT2D eigenvalue weighted by molar-refractivity contribution is 6.17. The molecule has 0 aromatic heterocycles. The van der Waals surface area contributed by atoms with Gasteiger partial charge < -0.3 is 18.9 Å². The summed E-state index contributed by atoms with van der Waals surface area (Å²) in [6.45, 7) is 10.00. The third-order valence-corrected chi connectivity index (χ3v) is 7.28. The van der Waals surface area contributed by atoms with E-state index in [0.29, 0.717) is 0 Å². The Morgan fingerprint density at radius 3 is 1.09 bits per heavy atom. The Morgan fingerprint density at radius 1 is 0.446 bits per heavy atom. The van der Waals surface area contributed by atoms with Crippen LogP contribution in [0.2, 0.25) is 0 Å². The molecule has 0 saturated heterocycles. The molecule has 14 nitrogen and oxygen atoms in total. The number of ether oxygens (including phenoxy) is 4. The normalized spacial score (nSPS) is 11.2. The Balaban J connectivity index is 1.41. The number of carbonyl (C=O) groups excluding carboxylic acids is 6. The van der Waals surface area contributed by atoms with E-state index in [0.717, 1.165) is 0 Å². The van der Waals surface area contributed by atoms with Gasteiger partial charge in [0.15, 0.2) is 11.6 Å². The van der Waals surface area contributed by atoms with Crippen LogP contribution in [-0.2, 0) is 28.8 Å². The molecule has 0 fully saturated rings. The minimum atomic E-state index is -1.15. The van der Waals surface area contributed by atoms with Gasteiger partial charge in [0.05, 0.1) is 35.3 Å². The molecule has 14 heteroatoms. The summed E-state index contributed by atoms with van der Waals surface area (Å²) in [4.78, 5) is 87.8. The fourth-order valence-corrected chi connectivity index (χ4v) is 5.05. The van der Waals surface area contributed by atoms with Crippen LogP contribution in [0.3, 0.4) is 0 Å². The van der Waals surface area contributed by atoms with Crippen molar-refractivity contribution in [1.29, 1.82) is 0 Å². The summed E-state index contributed by atoms with van der Waals surface area (Å²) in [6.07, 6.45) is 0. The lowest BCUT2D eigenvalue weighted by atomic mass is 9.97. The zero-order chi connectivity index (χ0) is 40.9. The van der Waals surface area contributed by atoms with Gasteiger partial charge in [-0.1, -0.05) is 60.7 Å². The van der Waals surface area contributed by atoms with E-state index in [2.05, 4.69) is 10.6 Å². The quantitative estimate of drug-likeness (QED) is 0.0358. The van der Waals surface area contributed by atoms with Gasteiger partial charge in [0.2, 0.25) is 0 Å². The first-order chi connectivity index (χ1) is 26.5. The first kappa shape index (κ1) is 42.4. The average Bonchev–Trinajstić information content (AvgIpc) is 3.15. The van der Waals surface area contributed by atoms with Crippen molar-refractivity contribution >= 4 is 35.4 Å². The summed E-state index contributed by atoms with van der Waals surface area (Å²) in [7, 11) is 0. The highest BCUT2D eigenvalue weighted by atomic mass is 17.2. The van der Waals surface area contributed by atoms with E-state index in [1.807, 2.05) is 0 Å². The van der Waals surface area contributed by atoms with Crippen molar-refractivity contribution in [3.8, 4) is 11.5 Å². The van der Waals surface area contributed by atoms with Gasteiger partial charge in [-0.05, 0) is 77.9 Å². The molecular weight excluding hydrogens is 724 g/mol. The molecule has 0 atom stereocenters. The van der Waals surface area contributed by atoms with Crippen LogP contribution in [0.5, 0.6) is 11.5 Å². The van der Waals surface area contributed by atoms with Crippen LogP contribution in [0.25, 0.3) is 0 Å². The van der Waals surface area contributed by atoms with Crippen LogP contribution in [-0.4, -0.2) is 73.2 Å². The lowest BCUT2D eigenvalue weighted by molar-refractivity contribution is -0.187. The van der Waals surface area contributed by atoms with E-state index in [-0.39, 0.29) is 71.4 Å². The standard InChI is InChI=1S/C42H44N2O12/c1-41(2,3)53-35(45)23-43-25-51-33-21-13-11-19-31(33)37(47)27-15-7-9-17-29(27)39(49)55-56-40(50)30-18-10-8-16-28(30)38(48)32-20-12-14-22-34(32)52-26-44-24-36(46)54-42(4,5)6/h7-22,43-44H,23-26H2,1-6H3. The van der Waals surface area contributed by atoms with Crippen LogP contribution in [0.15, 0.2) is 97.1 Å². The molecule has 0 aliphatic heterocycles. The number of nitrogens with one attached hydrogen (secondary N) is 2. The minimum Gasteiger partial charge on any atom is -0.478 e. The number of carbonyl (C=O) groups is 6. The van der Waals surface area contributed by atoms with E-state index < -0.39 is 46.6 Å². The summed E-state index contributed by atoms with van der Waals surface area (Å²) < 4.78 is 22.0. The number of esters is 2. The van der Waals surface area contributed by atoms with E-state index in [1.54, 1.807) is 90.1 Å². The number of para-hydroxylation sites is 2. The van der Waals surface area contributed by atoms with Crippen molar-refractivity contribution in [3.63, 3.8) is 0 Å². The Morgan fingerprint density at radius 2 is 0.750 bits per heavy atom. The highest BCUT2D eigenvalue weighted by Gasteiger charge is 2.26. The largest absolute Gasteiger partial charge is 0.478 e. The topological polar surface area (TPSA) is 182 Å². The van der Waals surface area contributed by atoms with Crippen LogP contribution in [0.1, 0.15) is 94.1 Å². The smallest absolute Gasteiger partial charge is 0.387 e. The number of hydrogen-bond acceptors (Lipinski definition) is 14. The molecular formula is C42H44N2O12. The predicted molar refractivity (Wildman–Crippen MR) is 202 cm³/mol. The van der Waals surface area contributed by atoms with E-state index in [1.165, 1.54) is 48.5 Å². The van der Waals surface area contributed by atoms with Crippen LogP contribution >= 0.6 is 0 Å². The molecule has 0 aliphatic carbocycles. The van der Waals surface area contributed by atoms with Gasteiger partial charge in [-0.3, -0.25) is 29.8 Å². The highest BCUT2D eigenvalue weighted by Crippen LogP contribution is 2.26. The summed E-state index contributed by atoms with van der Waals surface area (Å²) in [5, 5.41) is 5.60. The average molecular weight is 769 g/mol. The Bertz CT molecular complexity index is 1920. The Labute approximate surface area is 324 Å². The SMILES string of the molecule is CC(C)(C)OC(=O)CNCOc1ccccc1C(=O)c1ccccc1C(=O)OOC(=O)c1ccccc1C(=O)c1ccccc1OCNCC(=O)OC(C)(C)C. The van der Waals surface area contributed by atoms with Crippen molar-refractivity contribution in [3.05, 3.63) is 130 Å². The zero-order valence-corrected chi connectivity index (χ0v) is 32.0. The summed E-state index contributed by atoms with van der Waals surface area (Å²) in [5.41, 5.74) is -1.64. The second-order valence-electron chi connectivity index (χ2n) is 14.1. The van der Waals surface area contributed by atoms with Gasteiger partial charge in [-0.2, -0.15) is 0 Å². The molecule has 56 heavy (non-hydrogen) atoms. The maximum atomic E-state index is 13.7. The van der Waals surface area contributed by atoms with Crippen molar-refractivity contribution in [1.82, 2.24) is 10.6 Å². The monoisotopic (exact) mass is 768 g/mol. The Kier molecular flexibility index (Phi) is 14.6. The summed E-state index contributed by atoms with van der Waals surface area (Å²) >= 11 is 0. The van der Waals surface area contributed by atoms with Crippen molar-refractivity contribution < 1.29 is 57.5 Å². The molecule has 4 aromatic carbocycles. The first-order valence-electron chi connectivity index (χ1n) is 17.5. The molecule has 0 heterocycles. The minimum absolute atomic E-state index is 0.0703. The molecule has 0 unspecified atom stereocenters. The van der Waals surface area contributed by atoms with Crippen LogP contribution in [0.4, 0.5) is 0 Å². The lowest BCUT2D eigenvalue weighted by Gasteiger charge is -2.19. The lowest BCUT2D eigenvalue weighted by Crippen LogP contribution is -2.33. The molecule has 4 aromatic rings. The summed E-state index contributed by atoms with van der Waals surface area (Å²) in [6, 6.07) is 24.2. The number of hydrogen-bond donors (Lipinski definition) is 2. The van der Waals surface area contributed by atoms with Crippen LogP contribution < -0.4 is 20.1 Å². The third kappa shape index (κ3) is 12.6.